The highest BCUT2D eigenvalue weighted by molar-refractivity contribution is 5.67. The van der Waals surface area contributed by atoms with Gasteiger partial charge in [0.1, 0.15) is 0 Å². The average Bonchev–Trinajstić information content (AvgIpc) is 3.14. The Labute approximate surface area is 133 Å². The van der Waals surface area contributed by atoms with Crippen molar-refractivity contribution in [1.82, 2.24) is 14.8 Å². The zero-order chi connectivity index (χ0) is 17.7. The first-order valence-electron chi connectivity index (χ1n) is 7.24. The number of hydrogen-bond donors (Lipinski definition) is 0. The second kappa shape index (κ2) is 5.49. The summed E-state index contributed by atoms with van der Waals surface area (Å²) in [5.41, 5.74) is -1.60. The summed E-state index contributed by atoms with van der Waals surface area (Å²) >= 11 is 0. The van der Waals surface area contributed by atoms with Gasteiger partial charge in [-0.1, -0.05) is 0 Å². The maximum atomic E-state index is 13.4. The fourth-order valence-corrected chi connectivity index (χ4v) is 2.88. The van der Waals surface area contributed by atoms with Crippen LogP contribution in [0, 0.1) is 12.8 Å². The number of hydrogen-bond acceptors (Lipinski definition) is 2. The summed E-state index contributed by atoms with van der Waals surface area (Å²) in [6, 6.07) is 0.00272. The molecular weight excluding hydrogens is 336 g/mol. The Morgan fingerprint density at radius 1 is 1.08 bits per heavy atom. The highest BCUT2D eigenvalue weighted by atomic mass is 19.4. The molecule has 2 aromatic rings. The molecule has 1 aliphatic rings. The van der Waals surface area contributed by atoms with Crippen molar-refractivity contribution in [1.29, 1.82) is 0 Å². The van der Waals surface area contributed by atoms with Gasteiger partial charge >= 0.3 is 12.4 Å². The van der Waals surface area contributed by atoms with Crippen LogP contribution in [0.25, 0.3) is 11.3 Å². The summed E-state index contributed by atoms with van der Waals surface area (Å²) in [5, 5.41) is 3.69. The number of pyridine rings is 1. The second-order valence-electron chi connectivity index (χ2n) is 5.80. The molecule has 0 N–H and O–H groups in total. The summed E-state index contributed by atoms with van der Waals surface area (Å²) < 4.78 is 80.7. The minimum atomic E-state index is -4.70. The van der Waals surface area contributed by atoms with Crippen LogP contribution in [0.4, 0.5) is 26.3 Å². The number of rotatable bonds is 3. The van der Waals surface area contributed by atoms with Crippen molar-refractivity contribution in [2.75, 3.05) is 0 Å². The Bertz CT molecular complexity index is 742. The Kier molecular flexibility index (Phi) is 3.84. The third-order valence-corrected chi connectivity index (χ3v) is 4.04. The second-order valence-corrected chi connectivity index (χ2v) is 5.80. The molecule has 0 aliphatic heterocycles. The summed E-state index contributed by atoms with van der Waals surface area (Å²) in [6.07, 6.45) is -6.46. The van der Waals surface area contributed by atoms with Crippen LogP contribution in [0.5, 0.6) is 0 Å². The minimum absolute atomic E-state index is 0.00305. The van der Waals surface area contributed by atoms with Gasteiger partial charge in [0.05, 0.1) is 11.3 Å². The van der Waals surface area contributed by atoms with E-state index in [-0.39, 0.29) is 17.0 Å². The predicted octanol–water partition coefficient (Wildman–Crippen LogP) is 4.79. The van der Waals surface area contributed by atoms with Gasteiger partial charge in [0.2, 0.25) is 0 Å². The predicted molar refractivity (Wildman–Crippen MR) is 73.0 cm³/mol. The van der Waals surface area contributed by atoms with Crippen molar-refractivity contribution in [3.63, 3.8) is 0 Å². The molecule has 24 heavy (non-hydrogen) atoms. The third kappa shape index (κ3) is 2.99. The third-order valence-electron chi connectivity index (χ3n) is 4.04. The van der Waals surface area contributed by atoms with Crippen LogP contribution in [-0.2, 0) is 6.18 Å². The van der Waals surface area contributed by atoms with Gasteiger partial charge in [-0.2, -0.15) is 31.4 Å². The van der Waals surface area contributed by atoms with Crippen molar-refractivity contribution < 1.29 is 26.3 Å². The van der Waals surface area contributed by atoms with E-state index >= 15 is 0 Å². The van der Waals surface area contributed by atoms with Gasteiger partial charge in [-0.25, -0.2) is 0 Å². The van der Waals surface area contributed by atoms with Crippen LogP contribution >= 0.6 is 0 Å². The molecule has 0 unspecified atom stereocenters. The van der Waals surface area contributed by atoms with Crippen LogP contribution in [0.1, 0.15) is 30.1 Å². The lowest BCUT2D eigenvalue weighted by Gasteiger charge is -2.24. The summed E-state index contributed by atoms with van der Waals surface area (Å²) in [6.45, 7) is 1.33. The monoisotopic (exact) mass is 349 g/mol. The quantitative estimate of drug-likeness (QED) is 0.746. The maximum absolute atomic E-state index is 13.4. The van der Waals surface area contributed by atoms with Crippen molar-refractivity contribution >= 4 is 0 Å². The Balaban J connectivity index is 2.19. The van der Waals surface area contributed by atoms with E-state index < -0.39 is 29.9 Å². The first kappa shape index (κ1) is 16.8. The van der Waals surface area contributed by atoms with Gasteiger partial charge in [0.15, 0.2) is 6.04 Å². The van der Waals surface area contributed by atoms with Crippen LogP contribution in [0.2, 0.25) is 0 Å². The molecule has 0 saturated heterocycles. The van der Waals surface area contributed by atoms with Crippen LogP contribution in [0.3, 0.4) is 0 Å². The molecule has 1 saturated carbocycles. The standard InChI is InChI=1S/C15H13F6N3/c1-8-12(10(4-6-22-8)14(16,17)18)11-5-7-23-24(11)13(9-2-3-9)15(19,20)21/h4-7,9,13H,2-3H2,1H3/t13-/m1/s1. The number of aryl methyl sites for hydroxylation is 1. The Morgan fingerprint density at radius 2 is 1.75 bits per heavy atom. The van der Waals surface area contributed by atoms with Crippen molar-refractivity contribution in [2.45, 2.75) is 38.2 Å². The van der Waals surface area contributed by atoms with E-state index in [1.54, 1.807) is 0 Å². The van der Waals surface area contributed by atoms with Crippen molar-refractivity contribution in [2.24, 2.45) is 5.92 Å². The molecule has 0 aromatic carbocycles. The molecule has 130 valence electrons. The van der Waals surface area contributed by atoms with Gasteiger partial charge in [-0.3, -0.25) is 9.67 Å². The van der Waals surface area contributed by atoms with E-state index in [4.69, 9.17) is 0 Å². The van der Waals surface area contributed by atoms with E-state index in [1.165, 1.54) is 13.0 Å². The molecule has 1 aliphatic carbocycles. The Morgan fingerprint density at radius 3 is 2.29 bits per heavy atom. The lowest BCUT2D eigenvalue weighted by molar-refractivity contribution is -0.175. The molecule has 0 radical (unpaired) electrons. The van der Waals surface area contributed by atoms with Crippen molar-refractivity contribution in [3.8, 4) is 11.3 Å². The van der Waals surface area contributed by atoms with E-state index in [0.29, 0.717) is 17.5 Å². The smallest absolute Gasteiger partial charge is 0.261 e. The summed E-state index contributed by atoms with van der Waals surface area (Å²) in [5.74, 6) is -0.657. The highest BCUT2D eigenvalue weighted by Crippen LogP contribution is 2.50. The number of nitrogens with zero attached hydrogens (tertiary/aromatic N) is 3. The first-order valence-corrected chi connectivity index (χ1v) is 7.24. The molecule has 0 amide bonds. The van der Waals surface area contributed by atoms with Crippen LogP contribution < -0.4 is 0 Å². The largest absolute Gasteiger partial charge is 0.417 e. The molecule has 3 rings (SSSR count). The molecule has 9 heteroatoms. The topological polar surface area (TPSA) is 30.7 Å². The molecule has 3 nitrogen and oxygen atoms in total. The molecule has 1 fully saturated rings. The first-order chi connectivity index (χ1) is 11.1. The lowest BCUT2D eigenvalue weighted by Crippen LogP contribution is -2.30. The van der Waals surface area contributed by atoms with Gasteiger partial charge in [0.25, 0.3) is 0 Å². The van der Waals surface area contributed by atoms with Gasteiger partial charge in [-0.05, 0) is 37.8 Å². The maximum Gasteiger partial charge on any atom is 0.417 e. The summed E-state index contributed by atoms with van der Waals surface area (Å²) in [7, 11) is 0. The minimum Gasteiger partial charge on any atom is -0.261 e. The SMILES string of the molecule is Cc1nccc(C(F)(F)F)c1-c1ccnn1[C@H](C1CC1)C(F)(F)F. The lowest BCUT2D eigenvalue weighted by atomic mass is 10.0. The van der Waals surface area contributed by atoms with E-state index in [1.807, 2.05) is 0 Å². The van der Waals surface area contributed by atoms with E-state index in [9.17, 15) is 26.3 Å². The number of halogens is 6. The van der Waals surface area contributed by atoms with Gasteiger partial charge < -0.3 is 0 Å². The molecule has 2 heterocycles. The van der Waals surface area contributed by atoms with Crippen LogP contribution in [-0.4, -0.2) is 20.9 Å². The zero-order valence-electron chi connectivity index (χ0n) is 12.5. The van der Waals surface area contributed by atoms with Gasteiger partial charge in [-0.15, -0.1) is 0 Å². The molecule has 2 aromatic heterocycles. The molecular formula is C15H13F6N3. The number of aromatic nitrogens is 3. The highest BCUT2D eigenvalue weighted by Gasteiger charge is 2.51. The van der Waals surface area contributed by atoms with Gasteiger partial charge in [0, 0.05) is 23.7 Å². The number of alkyl halides is 6. The average molecular weight is 349 g/mol. The Hall–Kier alpha value is -2.06. The normalized spacial score (nSPS) is 17.1. The molecule has 1 atom stereocenters. The molecule has 0 spiro atoms. The zero-order valence-corrected chi connectivity index (χ0v) is 12.5. The summed E-state index contributed by atoms with van der Waals surface area (Å²) in [4.78, 5) is 3.81. The fraction of sp³-hybridized carbons (Fsp3) is 0.467. The molecule has 0 bridgehead atoms. The van der Waals surface area contributed by atoms with E-state index in [2.05, 4.69) is 10.1 Å². The van der Waals surface area contributed by atoms with Crippen molar-refractivity contribution in [3.05, 3.63) is 35.8 Å². The van der Waals surface area contributed by atoms with E-state index in [0.717, 1.165) is 18.5 Å². The fourth-order valence-electron chi connectivity index (χ4n) is 2.88. The van der Waals surface area contributed by atoms with Crippen LogP contribution in [0.15, 0.2) is 24.5 Å².